The summed E-state index contributed by atoms with van der Waals surface area (Å²) in [5.41, 5.74) is 10.4. The standard InChI is InChI=1S/C31H27N9O2/c1-18-13-16-25-36-28(32)27(40(25)37-18)30(41)34-19(2)29-35-24-12-8-9-21(14-15-22-17-33-38(4)20(22)3)26(24)31(42)39(29)23-10-6-5-7-11-23/h5-13,16-17,19H,32H2,1-4H3,(H,34,41)/t19-/m1/s1. The maximum absolute atomic E-state index is 14.2. The van der Waals surface area contributed by atoms with Crippen LogP contribution < -0.4 is 16.6 Å². The van der Waals surface area contributed by atoms with E-state index in [1.807, 2.05) is 57.3 Å². The Morgan fingerprint density at radius 2 is 1.74 bits per heavy atom. The lowest BCUT2D eigenvalue weighted by Gasteiger charge is -2.20. The number of fused-ring (bicyclic) bond motifs is 2. The summed E-state index contributed by atoms with van der Waals surface area (Å²) in [5.74, 6) is 6.19. The van der Waals surface area contributed by atoms with Crippen molar-refractivity contribution in [2.45, 2.75) is 26.8 Å². The predicted molar refractivity (Wildman–Crippen MR) is 159 cm³/mol. The van der Waals surface area contributed by atoms with E-state index < -0.39 is 11.9 Å². The molecular weight excluding hydrogens is 530 g/mol. The molecule has 2 aromatic carbocycles. The number of hydrogen-bond donors (Lipinski definition) is 2. The maximum Gasteiger partial charge on any atom is 0.274 e. The molecule has 1 amide bonds. The highest BCUT2D eigenvalue weighted by molar-refractivity contribution is 5.98. The number of aromatic nitrogens is 7. The molecule has 6 aromatic rings. The number of anilines is 1. The summed E-state index contributed by atoms with van der Waals surface area (Å²) in [6.45, 7) is 5.51. The molecular formula is C31H27N9O2. The first-order valence-electron chi connectivity index (χ1n) is 13.3. The van der Waals surface area contributed by atoms with Gasteiger partial charge < -0.3 is 11.1 Å². The number of nitrogens with one attached hydrogen (secondary N) is 1. The molecule has 4 aromatic heterocycles. The van der Waals surface area contributed by atoms with Crippen LogP contribution in [0.25, 0.3) is 22.2 Å². The third kappa shape index (κ3) is 4.54. The van der Waals surface area contributed by atoms with Gasteiger partial charge in [0.05, 0.1) is 45.8 Å². The van der Waals surface area contributed by atoms with Gasteiger partial charge in [-0.25, -0.2) is 14.5 Å². The van der Waals surface area contributed by atoms with E-state index in [1.54, 1.807) is 42.1 Å². The van der Waals surface area contributed by atoms with Crippen molar-refractivity contribution < 1.29 is 4.79 Å². The minimum atomic E-state index is -0.697. The number of benzene rings is 2. The van der Waals surface area contributed by atoms with Crippen molar-refractivity contribution in [2.75, 3.05) is 5.73 Å². The number of nitrogens with zero attached hydrogens (tertiary/aromatic N) is 7. The quantitative estimate of drug-likeness (QED) is 0.317. The number of imidazole rings is 1. The van der Waals surface area contributed by atoms with Crippen molar-refractivity contribution in [3.8, 4) is 17.5 Å². The molecule has 0 aliphatic rings. The van der Waals surface area contributed by atoms with Gasteiger partial charge in [-0.1, -0.05) is 36.1 Å². The van der Waals surface area contributed by atoms with Crippen molar-refractivity contribution in [1.29, 1.82) is 0 Å². The van der Waals surface area contributed by atoms with Gasteiger partial charge in [0.1, 0.15) is 5.82 Å². The first-order chi connectivity index (χ1) is 20.2. The van der Waals surface area contributed by atoms with Gasteiger partial charge in [0.2, 0.25) is 0 Å². The number of carbonyl (C=O) groups excluding carboxylic acids is 1. The van der Waals surface area contributed by atoms with Gasteiger partial charge in [-0.2, -0.15) is 10.2 Å². The third-order valence-electron chi connectivity index (χ3n) is 7.09. The summed E-state index contributed by atoms with van der Waals surface area (Å²) in [6.07, 6.45) is 1.70. The molecule has 0 fully saturated rings. The van der Waals surface area contributed by atoms with E-state index in [1.165, 1.54) is 9.08 Å². The van der Waals surface area contributed by atoms with E-state index in [0.29, 0.717) is 39.3 Å². The molecule has 11 nitrogen and oxygen atoms in total. The Balaban J connectivity index is 1.48. The Hall–Kier alpha value is -5.76. The van der Waals surface area contributed by atoms with E-state index in [4.69, 9.17) is 10.7 Å². The van der Waals surface area contributed by atoms with Crippen LogP contribution in [-0.2, 0) is 7.05 Å². The number of amides is 1. The van der Waals surface area contributed by atoms with Crippen LogP contribution >= 0.6 is 0 Å². The van der Waals surface area contributed by atoms with Gasteiger partial charge in [0.25, 0.3) is 11.5 Å². The summed E-state index contributed by atoms with van der Waals surface area (Å²) in [6, 6.07) is 17.4. The van der Waals surface area contributed by atoms with E-state index in [0.717, 1.165) is 11.3 Å². The zero-order valence-corrected chi connectivity index (χ0v) is 23.5. The molecule has 0 saturated heterocycles. The SMILES string of the molecule is Cc1ccc2nc(N)c(C(=O)N[C@H](C)c3nc4cccc(C#Cc5cnn(C)c5C)c4c(=O)n3-c3ccccc3)n2n1. The molecule has 0 saturated carbocycles. The van der Waals surface area contributed by atoms with Crippen LogP contribution in [0.4, 0.5) is 5.82 Å². The fraction of sp³-hybridized carbons (Fsp3) is 0.161. The Bertz CT molecular complexity index is 2130. The summed E-state index contributed by atoms with van der Waals surface area (Å²) in [4.78, 5) is 36.9. The molecule has 3 N–H and O–H groups in total. The second-order valence-corrected chi connectivity index (χ2v) is 9.95. The molecule has 0 radical (unpaired) electrons. The van der Waals surface area contributed by atoms with Crippen LogP contribution in [0.3, 0.4) is 0 Å². The number of nitrogens with two attached hydrogens (primary N) is 1. The molecule has 0 spiro atoms. The topological polar surface area (TPSA) is 138 Å². The molecule has 6 rings (SSSR count). The molecule has 4 heterocycles. The van der Waals surface area contributed by atoms with Crippen LogP contribution in [0, 0.1) is 25.7 Å². The smallest absolute Gasteiger partial charge is 0.274 e. The van der Waals surface area contributed by atoms with Gasteiger partial charge in [0, 0.05) is 12.6 Å². The molecule has 1 atom stereocenters. The van der Waals surface area contributed by atoms with E-state index >= 15 is 0 Å². The average molecular weight is 558 g/mol. The van der Waals surface area contributed by atoms with E-state index in [9.17, 15) is 9.59 Å². The largest absolute Gasteiger partial charge is 0.382 e. The van der Waals surface area contributed by atoms with Gasteiger partial charge >= 0.3 is 0 Å². The minimum absolute atomic E-state index is 0.0526. The Morgan fingerprint density at radius 1 is 0.976 bits per heavy atom. The summed E-state index contributed by atoms with van der Waals surface area (Å²) in [7, 11) is 1.85. The first-order valence-corrected chi connectivity index (χ1v) is 13.3. The number of carbonyl (C=O) groups is 1. The molecule has 0 aliphatic heterocycles. The van der Waals surface area contributed by atoms with Crippen molar-refractivity contribution in [3.63, 3.8) is 0 Å². The number of nitrogen functional groups attached to an aromatic ring is 1. The van der Waals surface area contributed by atoms with Crippen molar-refractivity contribution in [3.05, 3.63) is 111 Å². The maximum atomic E-state index is 14.2. The number of hydrogen-bond acceptors (Lipinski definition) is 7. The van der Waals surface area contributed by atoms with Crippen LogP contribution in [0.2, 0.25) is 0 Å². The lowest BCUT2D eigenvalue weighted by Crippen LogP contribution is -2.34. The Morgan fingerprint density at radius 3 is 2.48 bits per heavy atom. The molecule has 0 bridgehead atoms. The van der Waals surface area contributed by atoms with Gasteiger partial charge in [-0.15, -0.1) is 0 Å². The normalized spacial score (nSPS) is 11.8. The zero-order chi connectivity index (χ0) is 29.5. The van der Waals surface area contributed by atoms with Crippen LogP contribution in [0.1, 0.15) is 51.8 Å². The monoisotopic (exact) mass is 557 g/mol. The van der Waals surface area contributed by atoms with Crippen LogP contribution in [0.15, 0.2) is 71.7 Å². The molecule has 42 heavy (non-hydrogen) atoms. The second-order valence-electron chi connectivity index (χ2n) is 9.95. The first kappa shape index (κ1) is 26.5. The van der Waals surface area contributed by atoms with Gasteiger partial charge in [0.15, 0.2) is 17.2 Å². The van der Waals surface area contributed by atoms with Crippen molar-refractivity contribution >= 4 is 28.3 Å². The molecule has 11 heteroatoms. The summed E-state index contributed by atoms with van der Waals surface area (Å²) >= 11 is 0. The molecule has 0 unspecified atom stereocenters. The molecule has 208 valence electrons. The lowest BCUT2D eigenvalue weighted by atomic mass is 10.1. The fourth-order valence-electron chi connectivity index (χ4n) is 4.81. The average Bonchev–Trinajstić information content (AvgIpc) is 3.48. The number of aryl methyl sites for hydroxylation is 2. The van der Waals surface area contributed by atoms with Gasteiger partial charge in [-0.3, -0.25) is 18.8 Å². The Labute approximate surface area is 240 Å². The number of para-hydroxylation sites is 1. The number of rotatable bonds is 4. The highest BCUT2D eigenvalue weighted by atomic mass is 16.2. The lowest BCUT2D eigenvalue weighted by molar-refractivity contribution is 0.0931. The van der Waals surface area contributed by atoms with Crippen LogP contribution in [0.5, 0.6) is 0 Å². The fourth-order valence-corrected chi connectivity index (χ4v) is 4.81. The minimum Gasteiger partial charge on any atom is -0.382 e. The van der Waals surface area contributed by atoms with E-state index in [-0.39, 0.29) is 17.1 Å². The third-order valence-corrected chi connectivity index (χ3v) is 7.09. The second kappa shape index (κ2) is 10.3. The van der Waals surface area contributed by atoms with Crippen LogP contribution in [-0.4, -0.2) is 39.8 Å². The zero-order valence-electron chi connectivity index (χ0n) is 23.5. The van der Waals surface area contributed by atoms with Gasteiger partial charge in [-0.05, 0) is 57.2 Å². The highest BCUT2D eigenvalue weighted by Crippen LogP contribution is 2.22. The van der Waals surface area contributed by atoms with Crippen molar-refractivity contribution in [2.24, 2.45) is 7.05 Å². The highest BCUT2D eigenvalue weighted by Gasteiger charge is 2.24. The van der Waals surface area contributed by atoms with Crippen molar-refractivity contribution in [1.82, 2.24) is 39.2 Å². The molecule has 0 aliphatic carbocycles. The summed E-state index contributed by atoms with van der Waals surface area (Å²) in [5, 5.41) is 12.0. The predicted octanol–water partition coefficient (Wildman–Crippen LogP) is 3.25. The van der Waals surface area contributed by atoms with E-state index in [2.05, 4.69) is 32.3 Å². The Kier molecular flexibility index (Phi) is 6.51. The summed E-state index contributed by atoms with van der Waals surface area (Å²) < 4.78 is 4.67.